The number of rotatable bonds is 5. The lowest BCUT2D eigenvalue weighted by Gasteiger charge is -2.18. The number of carbonyl (C=O) groups is 1. The first-order valence-electron chi connectivity index (χ1n) is 6.79. The fraction of sp³-hybridized carbons (Fsp3) is 0.235. The van der Waals surface area contributed by atoms with Crippen molar-refractivity contribution in [1.29, 1.82) is 0 Å². The fourth-order valence-corrected chi connectivity index (χ4v) is 2.05. The van der Waals surface area contributed by atoms with Crippen molar-refractivity contribution in [3.8, 4) is 0 Å². The topological polar surface area (TPSA) is 20.3 Å². The first-order valence-corrected chi connectivity index (χ1v) is 6.79. The average Bonchev–Trinajstić information content (AvgIpc) is 2.50. The molecule has 2 nitrogen and oxygen atoms in total. The maximum absolute atomic E-state index is 13.1. The number of benzene rings is 2. The molecule has 110 valence electrons. The lowest BCUT2D eigenvalue weighted by atomic mass is 10.1. The van der Waals surface area contributed by atoms with Crippen LogP contribution in [0.1, 0.15) is 22.8 Å². The number of aryl methyl sites for hydroxylation is 1. The highest BCUT2D eigenvalue weighted by Crippen LogP contribution is 2.16. The van der Waals surface area contributed by atoms with Gasteiger partial charge in [0, 0.05) is 18.3 Å². The summed E-state index contributed by atoms with van der Waals surface area (Å²) >= 11 is 0. The molecule has 0 fully saturated rings. The van der Waals surface area contributed by atoms with E-state index in [2.05, 4.69) is 6.92 Å². The quantitative estimate of drug-likeness (QED) is 0.779. The second-order valence-electron chi connectivity index (χ2n) is 4.93. The minimum absolute atomic E-state index is 0.108. The van der Waals surface area contributed by atoms with E-state index in [-0.39, 0.29) is 17.9 Å². The van der Waals surface area contributed by atoms with Crippen molar-refractivity contribution in [3.05, 3.63) is 65.2 Å². The second-order valence-corrected chi connectivity index (χ2v) is 4.93. The van der Waals surface area contributed by atoms with Crippen molar-refractivity contribution in [3.63, 3.8) is 0 Å². The Balaban J connectivity index is 2.08. The zero-order valence-electron chi connectivity index (χ0n) is 12.1. The van der Waals surface area contributed by atoms with Crippen LogP contribution in [0.5, 0.6) is 0 Å². The summed E-state index contributed by atoms with van der Waals surface area (Å²) in [5.74, 6) is -2.21. The molecule has 0 aliphatic rings. The van der Waals surface area contributed by atoms with Crippen LogP contribution in [0.4, 0.5) is 14.5 Å². The third-order valence-corrected chi connectivity index (χ3v) is 3.41. The van der Waals surface area contributed by atoms with Crippen LogP contribution >= 0.6 is 0 Å². The van der Waals surface area contributed by atoms with E-state index in [4.69, 9.17) is 0 Å². The van der Waals surface area contributed by atoms with Crippen LogP contribution in [0.15, 0.2) is 42.5 Å². The number of likely N-dealkylation sites (N-methyl/N-ethyl adjacent to an activating group) is 1. The van der Waals surface area contributed by atoms with Gasteiger partial charge in [0.05, 0.1) is 6.54 Å². The van der Waals surface area contributed by atoms with Crippen LogP contribution in [0.2, 0.25) is 0 Å². The van der Waals surface area contributed by atoms with Crippen LogP contribution in [-0.2, 0) is 6.42 Å². The standard InChI is InChI=1S/C17H17F2NO/c1-3-12-4-7-14(8-5-12)20(2)11-17(21)13-6-9-15(18)16(19)10-13/h4-10H,3,11H2,1-2H3. The molecule has 0 saturated carbocycles. The van der Waals surface area contributed by atoms with Crippen molar-refractivity contribution in [1.82, 2.24) is 0 Å². The molecule has 0 aliphatic carbocycles. The Morgan fingerprint density at radius 2 is 1.71 bits per heavy atom. The second kappa shape index (κ2) is 6.48. The predicted octanol–water partition coefficient (Wildman–Crippen LogP) is 3.85. The molecule has 2 aromatic carbocycles. The van der Waals surface area contributed by atoms with Crippen LogP contribution in [0.3, 0.4) is 0 Å². The summed E-state index contributed by atoms with van der Waals surface area (Å²) in [4.78, 5) is 13.9. The number of halogens is 2. The molecule has 0 aromatic heterocycles. The molecule has 2 aromatic rings. The van der Waals surface area contributed by atoms with E-state index in [0.29, 0.717) is 0 Å². The van der Waals surface area contributed by atoms with E-state index < -0.39 is 11.6 Å². The van der Waals surface area contributed by atoms with Crippen molar-refractivity contribution >= 4 is 11.5 Å². The molecule has 0 amide bonds. The summed E-state index contributed by atoms with van der Waals surface area (Å²) in [6, 6.07) is 11.1. The third kappa shape index (κ3) is 3.66. The van der Waals surface area contributed by atoms with Gasteiger partial charge in [-0.1, -0.05) is 19.1 Å². The molecule has 21 heavy (non-hydrogen) atoms. The Morgan fingerprint density at radius 1 is 1.05 bits per heavy atom. The highest BCUT2D eigenvalue weighted by atomic mass is 19.2. The molecular weight excluding hydrogens is 272 g/mol. The third-order valence-electron chi connectivity index (χ3n) is 3.41. The van der Waals surface area contributed by atoms with Gasteiger partial charge in [0.2, 0.25) is 0 Å². The van der Waals surface area contributed by atoms with Crippen molar-refractivity contribution < 1.29 is 13.6 Å². The van der Waals surface area contributed by atoms with Crippen molar-refractivity contribution in [2.45, 2.75) is 13.3 Å². The molecule has 0 atom stereocenters. The largest absolute Gasteiger partial charge is 0.367 e. The van der Waals surface area contributed by atoms with Gasteiger partial charge in [-0.3, -0.25) is 4.79 Å². The Hall–Kier alpha value is -2.23. The van der Waals surface area contributed by atoms with Crippen molar-refractivity contribution in [2.75, 3.05) is 18.5 Å². The van der Waals surface area contributed by atoms with E-state index in [1.54, 1.807) is 11.9 Å². The van der Waals surface area contributed by atoms with Crippen LogP contribution in [0.25, 0.3) is 0 Å². The number of hydrogen-bond acceptors (Lipinski definition) is 2. The SMILES string of the molecule is CCc1ccc(N(C)CC(=O)c2ccc(F)c(F)c2)cc1. The number of Topliss-reactive ketones (excluding diaryl/α,β-unsaturated/α-hetero) is 1. The highest BCUT2D eigenvalue weighted by Gasteiger charge is 2.12. The summed E-state index contributed by atoms with van der Waals surface area (Å²) < 4.78 is 26.0. The van der Waals surface area contributed by atoms with E-state index in [0.717, 1.165) is 24.2 Å². The van der Waals surface area contributed by atoms with Gasteiger partial charge in [0.1, 0.15) is 0 Å². The molecular formula is C17H17F2NO. The molecule has 0 aliphatic heterocycles. The number of anilines is 1. The van der Waals surface area contributed by atoms with Crippen LogP contribution < -0.4 is 4.90 Å². The van der Waals surface area contributed by atoms with Crippen LogP contribution in [-0.4, -0.2) is 19.4 Å². The lowest BCUT2D eigenvalue weighted by Crippen LogP contribution is -2.25. The lowest BCUT2D eigenvalue weighted by molar-refractivity contribution is 0.1000. The molecule has 4 heteroatoms. The molecule has 0 unspecified atom stereocenters. The van der Waals surface area contributed by atoms with Gasteiger partial charge in [-0.15, -0.1) is 0 Å². The summed E-state index contributed by atoms with van der Waals surface area (Å²) in [6.45, 7) is 2.18. The highest BCUT2D eigenvalue weighted by molar-refractivity contribution is 5.99. The monoisotopic (exact) mass is 289 g/mol. The van der Waals surface area contributed by atoms with Gasteiger partial charge in [0.15, 0.2) is 17.4 Å². The van der Waals surface area contributed by atoms with Gasteiger partial charge in [-0.25, -0.2) is 8.78 Å². The molecule has 2 rings (SSSR count). The number of ketones is 1. The minimum Gasteiger partial charge on any atom is -0.367 e. The van der Waals surface area contributed by atoms with Crippen molar-refractivity contribution in [2.24, 2.45) is 0 Å². The number of carbonyl (C=O) groups excluding carboxylic acids is 1. The van der Waals surface area contributed by atoms with E-state index in [1.807, 2.05) is 24.3 Å². The number of nitrogens with zero attached hydrogens (tertiary/aromatic N) is 1. The molecule has 0 bridgehead atoms. The number of hydrogen-bond donors (Lipinski definition) is 0. The van der Waals surface area contributed by atoms with Crippen LogP contribution in [0, 0.1) is 11.6 Å². The van der Waals surface area contributed by atoms with E-state index >= 15 is 0 Å². The van der Waals surface area contributed by atoms with Gasteiger partial charge in [-0.2, -0.15) is 0 Å². The van der Waals surface area contributed by atoms with Gasteiger partial charge >= 0.3 is 0 Å². The minimum atomic E-state index is -1.00. The average molecular weight is 289 g/mol. The maximum atomic E-state index is 13.1. The zero-order valence-corrected chi connectivity index (χ0v) is 12.1. The maximum Gasteiger partial charge on any atom is 0.182 e. The first kappa shape index (κ1) is 15.2. The van der Waals surface area contributed by atoms with Gasteiger partial charge in [-0.05, 0) is 42.3 Å². The Morgan fingerprint density at radius 3 is 2.29 bits per heavy atom. The molecule has 0 heterocycles. The Bertz CT molecular complexity index is 638. The Labute approximate surface area is 123 Å². The molecule has 0 N–H and O–H groups in total. The van der Waals surface area contributed by atoms with E-state index in [9.17, 15) is 13.6 Å². The smallest absolute Gasteiger partial charge is 0.182 e. The zero-order chi connectivity index (χ0) is 15.4. The summed E-state index contributed by atoms with van der Waals surface area (Å²) in [6.07, 6.45) is 0.956. The summed E-state index contributed by atoms with van der Waals surface area (Å²) in [7, 11) is 1.79. The first-order chi connectivity index (χ1) is 10.0. The van der Waals surface area contributed by atoms with E-state index in [1.165, 1.54) is 11.6 Å². The predicted molar refractivity (Wildman–Crippen MR) is 79.8 cm³/mol. The normalized spacial score (nSPS) is 10.5. The molecule has 0 spiro atoms. The molecule has 0 saturated heterocycles. The fourth-order valence-electron chi connectivity index (χ4n) is 2.05. The summed E-state index contributed by atoms with van der Waals surface area (Å²) in [5.41, 5.74) is 2.30. The molecule has 0 radical (unpaired) electrons. The van der Waals surface area contributed by atoms with Gasteiger partial charge < -0.3 is 4.90 Å². The van der Waals surface area contributed by atoms with Gasteiger partial charge in [0.25, 0.3) is 0 Å². The summed E-state index contributed by atoms with van der Waals surface area (Å²) in [5, 5.41) is 0. The Kier molecular flexibility index (Phi) is 4.68.